The number of nitrogens with one attached hydrogen (secondary N) is 1. The fraction of sp³-hybridized carbons (Fsp3) is 0.500. The van der Waals surface area contributed by atoms with Crippen molar-refractivity contribution in [2.24, 2.45) is 0 Å². The Balaban J connectivity index is 1.99. The predicted octanol–water partition coefficient (Wildman–Crippen LogP) is 3.14. The third-order valence-corrected chi connectivity index (χ3v) is 4.01. The highest BCUT2D eigenvalue weighted by molar-refractivity contribution is 6.30. The molecule has 1 N–H and O–H groups in total. The zero-order valence-corrected chi connectivity index (χ0v) is 13.0. The first kappa shape index (κ1) is 15.8. The van der Waals surface area contributed by atoms with Crippen molar-refractivity contribution in [3.05, 3.63) is 29.3 Å². The average Bonchev–Trinajstić information content (AvgIpc) is 2.45. The van der Waals surface area contributed by atoms with Crippen molar-refractivity contribution in [1.29, 1.82) is 0 Å². The van der Waals surface area contributed by atoms with Crippen LogP contribution in [0.25, 0.3) is 0 Å². The van der Waals surface area contributed by atoms with Gasteiger partial charge in [0.05, 0.1) is 0 Å². The van der Waals surface area contributed by atoms with Crippen molar-refractivity contribution in [2.75, 3.05) is 11.4 Å². The van der Waals surface area contributed by atoms with Crippen LogP contribution in [0.2, 0.25) is 5.02 Å². The van der Waals surface area contributed by atoms with Crippen LogP contribution in [0.5, 0.6) is 0 Å². The second-order valence-electron chi connectivity index (χ2n) is 5.49. The first-order chi connectivity index (χ1) is 10.1. The van der Waals surface area contributed by atoms with E-state index in [0.717, 1.165) is 25.7 Å². The summed E-state index contributed by atoms with van der Waals surface area (Å²) in [7, 11) is 0. The molecule has 1 aromatic carbocycles. The molecule has 1 aliphatic rings. The van der Waals surface area contributed by atoms with Gasteiger partial charge >= 0.3 is 0 Å². The average molecular weight is 309 g/mol. The van der Waals surface area contributed by atoms with Gasteiger partial charge in [0.25, 0.3) is 0 Å². The number of nitrogens with zero attached hydrogens (tertiary/aromatic N) is 1. The highest BCUT2D eigenvalue weighted by Crippen LogP contribution is 2.20. The molecule has 0 heterocycles. The lowest BCUT2D eigenvalue weighted by atomic mass is 9.95. The van der Waals surface area contributed by atoms with Gasteiger partial charge in [0.2, 0.25) is 11.8 Å². The topological polar surface area (TPSA) is 49.4 Å². The first-order valence-corrected chi connectivity index (χ1v) is 7.77. The van der Waals surface area contributed by atoms with Crippen molar-refractivity contribution in [3.63, 3.8) is 0 Å². The van der Waals surface area contributed by atoms with E-state index in [0.29, 0.717) is 10.7 Å². The van der Waals surface area contributed by atoms with E-state index in [4.69, 9.17) is 11.6 Å². The molecule has 1 aromatic rings. The van der Waals surface area contributed by atoms with E-state index in [1.807, 2.05) is 0 Å². The molecule has 5 heteroatoms. The van der Waals surface area contributed by atoms with Crippen LogP contribution >= 0.6 is 11.6 Å². The number of hydrogen-bond donors (Lipinski definition) is 1. The summed E-state index contributed by atoms with van der Waals surface area (Å²) in [5.41, 5.74) is 0.647. The first-order valence-electron chi connectivity index (χ1n) is 7.39. The molecule has 21 heavy (non-hydrogen) atoms. The Labute approximate surface area is 130 Å². The fourth-order valence-corrected chi connectivity index (χ4v) is 2.88. The normalized spacial score (nSPS) is 15.5. The largest absolute Gasteiger partial charge is 0.352 e. The maximum atomic E-state index is 12.1. The van der Waals surface area contributed by atoms with Gasteiger partial charge in [0.15, 0.2) is 0 Å². The van der Waals surface area contributed by atoms with Crippen LogP contribution in [0.15, 0.2) is 24.3 Å². The van der Waals surface area contributed by atoms with Gasteiger partial charge in [-0.25, -0.2) is 0 Å². The van der Waals surface area contributed by atoms with Gasteiger partial charge in [-0.2, -0.15) is 0 Å². The Morgan fingerprint density at radius 1 is 1.29 bits per heavy atom. The molecule has 0 atom stereocenters. The molecule has 2 rings (SSSR count). The third kappa shape index (κ3) is 4.74. The highest BCUT2D eigenvalue weighted by Gasteiger charge is 2.20. The lowest BCUT2D eigenvalue weighted by Crippen LogP contribution is -2.44. The van der Waals surface area contributed by atoms with Gasteiger partial charge in [-0.3, -0.25) is 9.59 Å². The summed E-state index contributed by atoms with van der Waals surface area (Å²) in [5, 5.41) is 3.57. The number of amides is 2. The molecular formula is C16H21ClN2O2. The fourth-order valence-electron chi connectivity index (χ4n) is 2.69. The summed E-state index contributed by atoms with van der Waals surface area (Å²) in [6, 6.07) is 7.23. The summed E-state index contributed by atoms with van der Waals surface area (Å²) in [5.74, 6) is -0.284. The zero-order valence-electron chi connectivity index (χ0n) is 12.3. The van der Waals surface area contributed by atoms with E-state index < -0.39 is 0 Å². The van der Waals surface area contributed by atoms with Gasteiger partial charge in [-0.05, 0) is 31.0 Å². The van der Waals surface area contributed by atoms with Crippen molar-refractivity contribution in [1.82, 2.24) is 5.32 Å². The van der Waals surface area contributed by atoms with Crippen LogP contribution in [0.4, 0.5) is 5.69 Å². The Morgan fingerprint density at radius 2 is 2.00 bits per heavy atom. The van der Waals surface area contributed by atoms with Crippen LogP contribution < -0.4 is 10.2 Å². The minimum atomic E-state index is -0.170. The van der Waals surface area contributed by atoms with Crippen molar-refractivity contribution >= 4 is 29.1 Å². The summed E-state index contributed by atoms with van der Waals surface area (Å²) < 4.78 is 0. The minimum absolute atomic E-state index is 0.0339. The second kappa shape index (κ2) is 7.46. The smallest absolute Gasteiger partial charge is 0.240 e. The molecule has 0 saturated heterocycles. The molecule has 1 saturated carbocycles. The predicted molar refractivity (Wildman–Crippen MR) is 84.5 cm³/mol. The van der Waals surface area contributed by atoms with Crippen LogP contribution in [0.1, 0.15) is 39.0 Å². The highest BCUT2D eigenvalue weighted by atomic mass is 35.5. The number of rotatable bonds is 4. The van der Waals surface area contributed by atoms with E-state index in [1.165, 1.54) is 18.2 Å². The second-order valence-corrected chi connectivity index (χ2v) is 5.92. The van der Waals surface area contributed by atoms with Gasteiger partial charge in [-0.15, -0.1) is 0 Å². The molecule has 2 amide bonds. The molecule has 114 valence electrons. The standard InChI is InChI=1S/C16H21ClN2O2/c1-12(20)19(15-9-5-6-13(17)10-15)11-16(21)18-14-7-3-2-4-8-14/h5-6,9-10,14H,2-4,7-8,11H2,1H3,(H,18,21). The van der Waals surface area contributed by atoms with Gasteiger partial charge in [0.1, 0.15) is 6.54 Å². The zero-order chi connectivity index (χ0) is 15.2. The van der Waals surface area contributed by atoms with Gasteiger partial charge < -0.3 is 10.2 Å². The van der Waals surface area contributed by atoms with Crippen molar-refractivity contribution < 1.29 is 9.59 Å². The quantitative estimate of drug-likeness (QED) is 0.929. The molecule has 4 nitrogen and oxygen atoms in total. The molecule has 0 radical (unpaired) electrons. The summed E-state index contributed by atoms with van der Waals surface area (Å²) >= 11 is 5.95. The van der Waals surface area contributed by atoms with Crippen LogP contribution in [-0.2, 0) is 9.59 Å². The number of benzene rings is 1. The van der Waals surface area contributed by atoms with Gasteiger partial charge in [0, 0.05) is 23.7 Å². The van der Waals surface area contributed by atoms with E-state index in [1.54, 1.807) is 24.3 Å². The molecule has 1 fully saturated rings. The number of hydrogen-bond acceptors (Lipinski definition) is 2. The van der Waals surface area contributed by atoms with Crippen LogP contribution in [-0.4, -0.2) is 24.4 Å². The van der Waals surface area contributed by atoms with Crippen molar-refractivity contribution in [2.45, 2.75) is 45.1 Å². The van der Waals surface area contributed by atoms with Crippen LogP contribution in [0.3, 0.4) is 0 Å². The number of halogens is 1. The number of carbonyl (C=O) groups excluding carboxylic acids is 2. The number of carbonyl (C=O) groups is 2. The number of anilines is 1. The molecule has 0 bridgehead atoms. The molecule has 0 spiro atoms. The Bertz CT molecular complexity index is 513. The molecule has 0 unspecified atom stereocenters. The Kier molecular flexibility index (Phi) is 5.62. The summed E-state index contributed by atoms with van der Waals surface area (Å²) in [6.07, 6.45) is 5.63. The molecule has 0 aliphatic heterocycles. The lowest BCUT2D eigenvalue weighted by molar-refractivity contribution is -0.123. The van der Waals surface area contributed by atoms with E-state index in [-0.39, 0.29) is 24.4 Å². The maximum Gasteiger partial charge on any atom is 0.240 e. The SMILES string of the molecule is CC(=O)N(CC(=O)NC1CCCCC1)c1cccc(Cl)c1. The minimum Gasteiger partial charge on any atom is -0.352 e. The third-order valence-electron chi connectivity index (χ3n) is 3.77. The van der Waals surface area contributed by atoms with Crippen molar-refractivity contribution in [3.8, 4) is 0 Å². The lowest BCUT2D eigenvalue weighted by Gasteiger charge is -2.25. The van der Waals surface area contributed by atoms with E-state index >= 15 is 0 Å². The van der Waals surface area contributed by atoms with E-state index in [9.17, 15) is 9.59 Å². The Morgan fingerprint density at radius 3 is 2.62 bits per heavy atom. The maximum absolute atomic E-state index is 12.1. The van der Waals surface area contributed by atoms with Gasteiger partial charge in [-0.1, -0.05) is 36.9 Å². The molecule has 0 aromatic heterocycles. The molecular weight excluding hydrogens is 288 g/mol. The monoisotopic (exact) mass is 308 g/mol. The molecule has 1 aliphatic carbocycles. The van der Waals surface area contributed by atoms with Crippen LogP contribution in [0, 0.1) is 0 Å². The summed E-state index contributed by atoms with van der Waals surface area (Å²) in [6.45, 7) is 1.49. The summed E-state index contributed by atoms with van der Waals surface area (Å²) in [4.78, 5) is 25.4. The van der Waals surface area contributed by atoms with E-state index in [2.05, 4.69) is 5.32 Å². The Hall–Kier alpha value is -1.55.